The highest BCUT2D eigenvalue weighted by Crippen LogP contribution is 2.38. The maximum Gasteiger partial charge on any atom is 0.244 e. The van der Waals surface area contributed by atoms with E-state index < -0.39 is 43.9 Å². The van der Waals surface area contributed by atoms with E-state index in [0.29, 0.717) is 82.3 Å². The molecule has 46 heavy (non-hydrogen) atoms. The standard InChI is InChI=1S/C30H43N5O9S2/c1-34-12-13-42-29-27(34)15-25(18-32-29)46(40,41)35-10-8-30(9-11-35)16-21(19-44-30)31-17-22(36)20-43-23-4-2-5-24(14-23)45(38,39)33-26-6-3-7-28(26)37/h2,4-5,14-15,18,21-22,26,28,31,33,36-37H,3,6-13,16-17,19-20H2,1H3/t21-,22+,26+,28-/m1/s1. The number of nitrogens with one attached hydrogen (secondary N) is 2. The molecule has 0 bridgehead atoms. The zero-order chi connectivity index (χ0) is 32.5. The van der Waals surface area contributed by atoms with Crippen molar-refractivity contribution in [1.29, 1.82) is 0 Å². The Labute approximate surface area is 270 Å². The number of sulfonamides is 2. The summed E-state index contributed by atoms with van der Waals surface area (Å²) in [5.74, 6) is 0.749. The fraction of sp³-hybridized carbons (Fsp3) is 0.633. The number of piperidine rings is 1. The molecule has 3 aliphatic heterocycles. The molecule has 14 nitrogen and oxygen atoms in total. The third-order valence-electron chi connectivity index (χ3n) is 9.35. The molecule has 2 saturated heterocycles. The molecule has 3 fully saturated rings. The van der Waals surface area contributed by atoms with Gasteiger partial charge in [0.15, 0.2) is 0 Å². The molecule has 16 heteroatoms. The van der Waals surface area contributed by atoms with Gasteiger partial charge in [0.05, 0.1) is 35.9 Å². The van der Waals surface area contributed by atoms with Gasteiger partial charge in [0.2, 0.25) is 25.9 Å². The molecule has 4 N–H and O–H groups in total. The number of aliphatic hydroxyl groups is 2. The topological polar surface area (TPSA) is 180 Å². The lowest BCUT2D eigenvalue weighted by Gasteiger charge is -2.38. The molecule has 1 aromatic heterocycles. The first kappa shape index (κ1) is 33.3. The Morgan fingerprint density at radius 2 is 1.93 bits per heavy atom. The summed E-state index contributed by atoms with van der Waals surface area (Å²) in [6, 6.07) is 7.17. The van der Waals surface area contributed by atoms with Crippen LogP contribution in [-0.4, -0.2) is 119 Å². The third-order valence-corrected chi connectivity index (χ3v) is 12.7. The Kier molecular flexibility index (Phi) is 9.79. The lowest BCUT2D eigenvalue weighted by molar-refractivity contribution is -0.0312. The minimum atomic E-state index is -3.83. The Balaban J connectivity index is 0.954. The van der Waals surface area contributed by atoms with Gasteiger partial charge in [-0.3, -0.25) is 0 Å². The zero-order valence-electron chi connectivity index (χ0n) is 25.9. The van der Waals surface area contributed by atoms with Crippen molar-refractivity contribution in [2.75, 3.05) is 57.9 Å². The molecule has 0 radical (unpaired) electrons. The number of ether oxygens (including phenoxy) is 3. The summed E-state index contributed by atoms with van der Waals surface area (Å²) in [7, 11) is -5.67. The summed E-state index contributed by atoms with van der Waals surface area (Å²) < 4.78 is 74.0. The number of anilines is 1. The Bertz CT molecular complexity index is 1600. The molecule has 6 rings (SSSR count). The number of pyridine rings is 1. The number of aromatic nitrogens is 1. The van der Waals surface area contributed by atoms with E-state index in [4.69, 9.17) is 14.2 Å². The minimum absolute atomic E-state index is 0.0105. The van der Waals surface area contributed by atoms with E-state index in [1.807, 2.05) is 11.9 Å². The number of hydrogen-bond donors (Lipinski definition) is 4. The van der Waals surface area contributed by atoms with Gasteiger partial charge in [-0.25, -0.2) is 26.5 Å². The maximum absolute atomic E-state index is 13.4. The molecule has 1 aliphatic carbocycles. The molecule has 4 heterocycles. The van der Waals surface area contributed by atoms with E-state index in [1.165, 1.54) is 22.6 Å². The lowest BCUT2D eigenvalue weighted by atomic mass is 9.88. The van der Waals surface area contributed by atoms with Crippen molar-refractivity contribution in [2.24, 2.45) is 0 Å². The number of hydrogen-bond acceptors (Lipinski definition) is 12. The second-order valence-electron chi connectivity index (χ2n) is 12.6. The van der Waals surface area contributed by atoms with Gasteiger partial charge in [0.25, 0.3) is 0 Å². The minimum Gasteiger partial charge on any atom is -0.491 e. The number of likely N-dealkylation sites (N-methyl/N-ethyl adjacent to an activating group) is 1. The number of benzene rings is 1. The largest absolute Gasteiger partial charge is 0.491 e. The molecule has 254 valence electrons. The van der Waals surface area contributed by atoms with Crippen LogP contribution in [0.2, 0.25) is 0 Å². The second-order valence-corrected chi connectivity index (χ2v) is 16.3. The zero-order valence-corrected chi connectivity index (χ0v) is 27.5. The van der Waals surface area contributed by atoms with Crippen molar-refractivity contribution in [2.45, 2.75) is 78.2 Å². The summed E-state index contributed by atoms with van der Waals surface area (Å²) in [6.45, 7) is 2.48. The van der Waals surface area contributed by atoms with Crippen molar-refractivity contribution in [3.05, 3.63) is 36.5 Å². The summed E-state index contributed by atoms with van der Waals surface area (Å²) in [5.41, 5.74) is 0.234. The quantitative estimate of drug-likeness (QED) is 0.258. The predicted octanol–water partition coefficient (Wildman–Crippen LogP) is 0.444. The van der Waals surface area contributed by atoms with Crippen molar-refractivity contribution >= 4 is 25.7 Å². The number of rotatable bonds is 11. The van der Waals surface area contributed by atoms with Crippen LogP contribution in [0.15, 0.2) is 46.3 Å². The first-order valence-corrected chi connectivity index (χ1v) is 18.7. The lowest BCUT2D eigenvalue weighted by Crippen LogP contribution is -2.47. The fourth-order valence-corrected chi connectivity index (χ4v) is 9.33. The number of aliphatic hydroxyl groups excluding tert-OH is 2. The summed E-state index contributed by atoms with van der Waals surface area (Å²) in [6.07, 6.45) is 3.55. The van der Waals surface area contributed by atoms with Crippen LogP contribution in [0.25, 0.3) is 0 Å². The first-order valence-electron chi connectivity index (χ1n) is 15.8. The van der Waals surface area contributed by atoms with Crippen LogP contribution in [0.1, 0.15) is 38.5 Å². The monoisotopic (exact) mass is 681 g/mol. The van der Waals surface area contributed by atoms with Crippen LogP contribution in [0.4, 0.5) is 5.69 Å². The van der Waals surface area contributed by atoms with Crippen LogP contribution in [-0.2, 0) is 24.8 Å². The van der Waals surface area contributed by atoms with E-state index in [1.54, 1.807) is 18.2 Å². The number of nitrogens with zero attached hydrogens (tertiary/aromatic N) is 3. The van der Waals surface area contributed by atoms with E-state index >= 15 is 0 Å². The van der Waals surface area contributed by atoms with Gasteiger partial charge in [-0.15, -0.1) is 0 Å². The third kappa shape index (κ3) is 7.28. The van der Waals surface area contributed by atoms with E-state index in [-0.39, 0.29) is 29.0 Å². The maximum atomic E-state index is 13.4. The molecular formula is C30H43N5O9S2. The molecule has 2 aromatic rings. The highest BCUT2D eigenvalue weighted by atomic mass is 32.2. The predicted molar refractivity (Wildman–Crippen MR) is 168 cm³/mol. The van der Waals surface area contributed by atoms with E-state index in [2.05, 4.69) is 15.0 Å². The average Bonchev–Trinajstić information content (AvgIpc) is 3.64. The van der Waals surface area contributed by atoms with Crippen LogP contribution >= 0.6 is 0 Å². The van der Waals surface area contributed by atoms with Gasteiger partial charge in [-0.1, -0.05) is 6.07 Å². The average molecular weight is 682 g/mol. The normalized spacial score (nSPS) is 25.7. The van der Waals surface area contributed by atoms with Crippen LogP contribution in [0, 0.1) is 0 Å². The van der Waals surface area contributed by atoms with Gasteiger partial charge in [-0.2, -0.15) is 4.31 Å². The first-order chi connectivity index (χ1) is 21.9. The second kappa shape index (κ2) is 13.5. The van der Waals surface area contributed by atoms with Gasteiger partial charge < -0.3 is 34.6 Å². The van der Waals surface area contributed by atoms with Gasteiger partial charge in [0.1, 0.15) is 35.7 Å². The molecule has 4 aliphatic rings. The van der Waals surface area contributed by atoms with Gasteiger partial charge >= 0.3 is 0 Å². The number of fused-ring (bicyclic) bond motifs is 1. The highest BCUT2D eigenvalue weighted by Gasteiger charge is 2.45. The van der Waals surface area contributed by atoms with Gasteiger partial charge in [0, 0.05) is 44.8 Å². The van der Waals surface area contributed by atoms with Gasteiger partial charge in [-0.05, 0) is 56.7 Å². The van der Waals surface area contributed by atoms with Crippen LogP contribution < -0.4 is 24.4 Å². The summed E-state index contributed by atoms with van der Waals surface area (Å²) in [4.78, 5) is 6.36. The van der Waals surface area contributed by atoms with Crippen molar-refractivity contribution < 1.29 is 41.3 Å². The SMILES string of the molecule is CN1CCOc2ncc(S(=O)(=O)N3CCC4(CC3)C[C@@H](NC[C@H](O)COc3cccc(S(=O)(=O)N[C@H]5CCC[C@H]5O)c3)CO4)cc21. The highest BCUT2D eigenvalue weighted by molar-refractivity contribution is 7.89. The van der Waals surface area contributed by atoms with Crippen LogP contribution in [0.5, 0.6) is 11.6 Å². The fourth-order valence-electron chi connectivity index (χ4n) is 6.59. The van der Waals surface area contributed by atoms with E-state index in [0.717, 1.165) is 6.42 Å². The molecule has 0 unspecified atom stereocenters. The molecular weight excluding hydrogens is 638 g/mol. The Morgan fingerprint density at radius 1 is 1.13 bits per heavy atom. The molecule has 1 aromatic carbocycles. The molecule has 0 amide bonds. The van der Waals surface area contributed by atoms with Crippen LogP contribution in [0.3, 0.4) is 0 Å². The Hall–Kier alpha value is -2.57. The summed E-state index contributed by atoms with van der Waals surface area (Å²) in [5, 5.41) is 23.9. The summed E-state index contributed by atoms with van der Waals surface area (Å²) >= 11 is 0. The van der Waals surface area contributed by atoms with Crippen molar-refractivity contribution in [3.8, 4) is 11.6 Å². The van der Waals surface area contributed by atoms with Crippen molar-refractivity contribution in [1.82, 2.24) is 19.3 Å². The van der Waals surface area contributed by atoms with Crippen molar-refractivity contribution in [3.63, 3.8) is 0 Å². The van der Waals surface area contributed by atoms with E-state index in [9.17, 15) is 27.0 Å². The molecule has 1 spiro atoms. The Morgan fingerprint density at radius 3 is 2.70 bits per heavy atom. The smallest absolute Gasteiger partial charge is 0.244 e. The molecule has 1 saturated carbocycles. The molecule has 4 atom stereocenters.